The van der Waals surface area contributed by atoms with Gasteiger partial charge in [0.15, 0.2) is 5.15 Å². The Morgan fingerprint density at radius 1 is 1.43 bits per heavy atom. The molecule has 1 aromatic carbocycles. The number of ether oxygens (including phenoxy) is 1. The molecule has 0 saturated heterocycles. The zero-order valence-electron chi connectivity index (χ0n) is 12.6. The third-order valence-corrected chi connectivity index (χ3v) is 4.40. The van der Waals surface area contributed by atoms with Gasteiger partial charge in [0.05, 0.1) is 19.3 Å². The highest BCUT2D eigenvalue weighted by Crippen LogP contribution is 2.26. The van der Waals surface area contributed by atoms with Gasteiger partial charge >= 0.3 is 5.97 Å². The highest BCUT2D eigenvalue weighted by molar-refractivity contribution is 9.10. The molecule has 1 aromatic heterocycles. The largest absolute Gasteiger partial charge is 0.466 e. The molecule has 0 unspecified atom stereocenters. The lowest BCUT2D eigenvalue weighted by Crippen LogP contribution is -2.07. The van der Waals surface area contributed by atoms with Crippen molar-refractivity contribution in [2.45, 2.75) is 19.9 Å². The Kier molecular flexibility index (Phi) is 6.27. The second-order valence-corrected chi connectivity index (χ2v) is 6.42. The molecule has 0 fully saturated rings. The molecule has 7 heteroatoms. The van der Waals surface area contributed by atoms with Crippen LogP contribution in [-0.4, -0.2) is 22.6 Å². The summed E-state index contributed by atoms with van der Waals surface area (Å²) in [5.74, 6) is 0.368. The molecule has 0 aliphatic carbocycles. The number of carbonyl (C=O) groups excluding carboxylic acids is 1. The maximum Gasteiger partial charge on any atom is 0.330 e. The lowest BCUT2D eigenvalue weighted by molar-refractivity contribution is -0.134. The van der Waals surface area contributed by atoms with E-state index < -0.39 is 5.97 Å². The number of nitrogens with zero attached hydrogens (tertiary/aromatic N) is 2. The second-order valence-electron chi connectivity index (χ2n) is 4.74. The van der Waals surface area contributed by atoms with Crippen LogP contribution >= 0.6 is 39.1 Å². The molecule has 0 radical (unpaired) electrons. The Balaban J connectivity index is 2.43. The SMILES string of the molecule is CCc1nc(Cl)c(C=CC(=O)OC)n1Cc1ccc(Br)cc1Cl. The normalized spacial score (nSPS) is 11.2. The summed E-state index contributed by atoms with van der Waals surface area (Å²) in [5, 5.41) is 0.990. The number of aromatic nitrogens is 2. The van der Waals surface area contributed by atoms with E-state index in [1.54, 1.807) is 6.08 Å². The maximum absolute atomic E-state index is 11.3. The number of benzene rings is 1. The van der Waals surface area contributed by atoms with Crippen molar-refractivity contribution in [3.8, 4) is 0 Å². The van der Waals surface area contributed by atoms with Crippen molar-refractivity contribution in [2.75, 3.05) is 7.11 Å². The van der Waals surface area contributed by atoms with E-state index in [0.29, 0.717) is 28.8 Å². The molecule has 0 atom stereocenters. The first kappa shape index (κ1) is 18.0. The molecule has 0 amide bonds. The number of carbonyl (C=O) groups is 1. The predicted molar refractivity (Wildman–Crippen MR) is 95.9 cm³/mol. The number of halogens is 3. The molecule has 1 heterocycles. The Labute approximate surface area is 153 Å². The summed E-state index contributed by atoms with van der Waals surface area (Å²) in [6, 6.07) is 5.70. The number of aryl methyl sites for hydroxylation is 1. The molecule has 0 bridgehead atoms. The summed E-state index contributed by atoms with van der Waals surface area (Å²) in [6.07, 6.45) is 3.63. The topological polar surface area (TPSA) is 44.1 Å². The molecule has 2 rings (SSSR count). The van der Waals surface area contributed by atoms with Crippen molar-refractivity contribution in [3.05, 3.63) is 56.0 Å². The summed E-state index contributed by atoms with van der Waals surface area (Å²) in [5.41, 5.74) is 1.58. The zero-order chi connectivity index (χ0) is 17.0. The predicted octanol–water partition coefficient (Wildman–Crippen LogP) is 4.75. The van der Waals surface area contributed by atoms with Gasteiger partial charge in [-0.3, -0.25) is 0 Å². The molecule has 0 saturated carbocycles. The Morgan fingerprint density at radius 3 is 2.78 bits per heavy atom. The van der Waals surface area contributed by atoms with Crippen LogP contribution in [0.5, 0.6) is 0 Å². The minimum Gasteiger partial charge on any atom is -0.466 e. The fourth-order valence-electron chi connectivity index (χ4n) is 2.12. The van der Waals surface area contributed by atoms with E-state index in [1.807, 2.05) is 29.7 Å². The van der Waals surface area contributed by atoms with Crippen molar-refractivity contribution >= 4 is 51.2 Å². The number of hydrogen-bond donors (Lipinski definition) is 0. The number of imidazole rings is 1. The minimum absolute atomic E-state index is 0.343. The summed E-state index contributed by atoms with van der Waals surface area (Å²) in [4.78, 5) is 15.7. The quantitative estimate of drug-likeness (QED) is 0.520. The number of rotatable bonds is 5. The van der Waals surface area contributed by atoms with Gasteiger partial charge in [-0.25, -0.2) is 9.78 Å². The minimum atomic E-state index is -0.450. The van der Waals surface area contributed by atoms with Gasteiger partial charge < -0.3 is 9.30 Å². The molecule has 2 aromatic rings. The molecule has 23 heavy (non-hydrogen) atoms. The monoisotopic (exact) mass is 416 g/mol. The lowest BCUT2D eigenvalue weighted by Gasteiger charge is -2.11. The highest BCUT2D eigenvalue weighted by atomic mass is 79.9. The second kappa shape index (κ2) is 7.99. The van der Waals surface area contributed by atoms with Crippen LogP contribution in [-0.2, 0) is 22.5 Å². The van der Waals surface area contributed by atoms with Crippen LogP contribution in [0.2, 0.25) is 10.2 Å². The average molecular weight is 418 g/mol. The summed E-state index contributed by atoms with van der Waals surface area (Å²) < 4.78 is 7.47. The Morgan fingerprint density at radius 2 is 2.17 bits per heavy atom. The summed E-state index contributed by atoms with van der Waals surface area (Å²) in [6.45, 7) is 2.50. The third kappa shape index (κ3) is 4.37. The van der Waals surface area contributed by atoms with Crippen LogP contribution in [0.1, 0.15) is 24.0 Å². The van der Waals surface area contributed by atoms with Gasteiger partial charge in [0.1, 0.15) is 5.82 Å². The fourth-order valence-corrected chi connectivity index (χ4v) is 3.12. The molecule has 4 nitrogen and oxygen atoms in total. The molecule has 0 aliphatic rings. The molecular formula is C16H15BrCl2N2O2. The molecule has 0 aliphatic heterocycles. The van der Waals surface area contributed by atoms with Gasteiger partial charge in [0.25, 0.3) is 0 Å². The van der Waals surface area contributed by atoms with Gasteiger partial charge in [-0.15, -0.1) is 0 Å². The summed E-state index contributed by atoms with van der Waals surface area (Å²) >= 11 is 15.9. The van der Waals surface area contributed by atoms with E-state index in [-0.39, 0.29) is 0 Å². The third-order valence-electron chi connectivity index (χ3n) is 3.28. The number of esters is 1. The van der Waals surface area contributed by atoms with Gasteiger partial charge in [-0.1, -0.05) is 52.1 Å². The number of hydrogen-bond acceptors (Lipinski definition) is 3. The van der Waals surface area contributed by atoms with Gasteiger partial charge in [0, 0.05) is 22.0 Å². The van der Waals surface area contributed by atoms with E-state index in [4.69, 9.17) is 23.2 Å². The Hall–Kier alpha value is -1.30. The van der Waals surface area contributed by atoms with E-state index >= 15 is 0 Å². The first-order chi connectivity index (χ1) is 11.0. The van der Waals surface area contributed by atoms with Crippen LogP contribution < -0.4 is 0 Å². The van der Waals surface area contributed by atoms with Crippen LogP contribution in [0, 0.1) is 0 Å². The summed E-state index contributed by atoms with van der Waals surface area (Å²) in [7, 11) is 1.32. The zero-order valence-corrected chi connectivity index (χ0v) is 15.7. The van der Waals surface area contributed by atoms with Gasteiger partial charge in [0.2, 0.25) is 0 Å². The van der Waals surface area contributed by atoms with Crippen LogP contribution in [0.4, 0.5) is 0 Å². The van der Waals surface area contributed by atoms with Crippen molar-refractivity contribution < 1.29 is 9.53 Å². The number of methoxy groups -OCH3 is 1. The van der Waals surface area contributed by atoms with Crippen LogP contribution in [0.15, 0.2) is 28.7 Å². The lowest BCUT2D eigenvalue weighted by atomic mass is 10.2. The van der Waals surface area contributed by atoms with Crippen molar-refractivity contribution in [1.82, 2.24) is 9.55 Å². The van der Waals surface area contributed by atoms with E-state index in [2.05, 4.69) is 25.7 Å². The fraction of sp³-hybridized carbons (Fsp3) is 0.250. The molecular weight excluding hydrogens is 403 g/mol. The van der Waals surface area contributed by atoms with Gasteiger partial charge in [-0.05, 0) is 23.8 Å². The van der Waals surface area contributed by atoms with Gasteiger partial charge in [-0.2, -0.15) is 0 Å². The molecule has 0 N–H and O–H groups in total. The highest BCUT2D eigenvalue weighted by Gasteiger charge is 2.14. The van der Waals surface area contributed by atoms with E-state index in [1.165, 1.54) is 13.2 Å². The van der Waals surface area contributed by atoms with Crippen molar-refractivity contribution in [3.63, 3.8) is 0 Å². The van der Waals surface area contributed by atoms with Crippen molar-refractivity contribution in [1.29, 1.82) is 0 Å². The van der Waals surface area contributed by atoms with E-state index in [0.717, 1.165) is 15.9 Å². The average Bonchev–Trinajstić information content (AvgIpc) is 2.82. The maximum atomic E-state index is 11.3. The first-order valence-electron chi connectivity index (χ1n) is 6.91. The van der Waals surface area contributed by atoms with E-state index in [9.17, 15) is 4.79 Å². The van der Waals surface area contributed by atoms with Crippen molar-refractivity contribution in [2.24, 2.45) is 0 Å². The molecule has 122 valence electrons. The van der Waals surface area contributed by atoms with Crippen LogP contribution in [0.3, 0.4) is 0 Å². The first-order valence-corrected chi connectivity index (χ1v) is 8.46. The Bertz CT molecular complexity index is 757. The smallest absolute Gasteiger partial charge is 0.330 e. The standard InChI is InChI=1S/C16H15BrCl2N2O2/c1-3-14-20-16(19)13(6-7-15(22)23-2)21(14)9-10-4-5-11(17)8-12(10)18/h4-8H,3,9H2,1-2H3. The van der Waals surface area contributed by atoms with Crippen LogP contribution in [0.25, 0.3) is 6.08 Å². The molecule has 0 spiro atoms.